The van der Waals surface area contributed by atoms with Gasteiger partial charge in [-0.1, -0.05) is 18.2 Å². The number of rotatable bonds is 5. The Hall–Kier alpha value is -1.40. The molecule has 0 atom stereocenters. The molecule has 0 aromatic heterocycles. The van der Waals surface area contributed by atoms with E-state index in [9.17, 15) is 13.2 Å². The van der Waals surface area contributed by atoms with Crippen LogP contribution in [-0.2, 0) is 21.2 Å². The van der Waals surface area contributed by atoms with Gasteiger partial charge in [0.25, 0.3) is 0 Å². The summed E-state index contributed by atoms with van der Waals surface area (Å²) in [4.78, 5) is 14.3. The summed E-state index contributed by atoms with van der Waals surface area (Å²) in [7, 11) is -3.29. The van der Waals surface area contributed by atoms with E-state index in [2.05, 4.69) is 0 Å². The van der Waals surface area contributed by atoms with Gasteiger partial charge in [0.1, 0.15) is 0 Å². The van der Waals surface area contributed by atoms with Crippen LogP contribution in [-0.4, -0.2) is 44.0 Å². The van der Waals surface area contributed by atoms with Gasteiger partial charge in [0.05, 0.1) is 6.26 Å². The van der Waals surface area contributed by atoms with Crippen LogP contribution in [0.1, 0.15) is 32.3 Å². The van der Waals surface area contributed by atoms with E-state index in [1.165, 1.54) is 16.1 Å². The van der Waals surface area contributed by atoms with Gasteiger partial charge in [-0.05, 0) is 38.3 Å². The maximum absolute atomic E-state index is 12.5. The summed E-state index contributed by atoms with van der Waals surface area (Å²) in [6, 6.07) is 7.78. The average molecular weight is 324 g/mol. The molecule has 122 valence electrons. The SMILES string of the molecule is CC(C)N(CCC(=O)N1CCCc2ccccc21)S(C)(=O)=O. The Labute approximate surface area is 133 Å². The van der Waals surface area contributed by atoms with Crippen LogP contribution < -0.4 is 4.90 Å². The zero-order chi connectivity index (χ0) is 16.3. The molecule has 1 heterocycles. The zero-order valence-electron chi connectivity index (χ0n) is 13.4. The van der Waals surface area contributed by atoms with E-state index in [0.717, 1.165) is 18.5 Å². The molecule has 1 aromatic rings. The van der Waals surface area contributed by atoms with Gasteiger partial charge in [0, 0.05) is 31.2 Å². The molecule has 0 bridgehead atoms. The second-order valence-electron chi connectivity index (χ2n) is 6.00. The van der Waals surface area contributed by atoms with E-state index in [1.54, 1.807) is 4.90 Å². The number of nitrogens with zero attached hydrogens (tertiary/aromatic N) is 2. The number of amides is 1. The topological polar surface area (TPSA) is 57.7 Å². The van der Waals surface area contributed by atoms with Crippen molar-refractivity contribution in [2.45, 2.75) is 39.2 Å². The molecule has 0 spiro atoms. The molecule has 1 aliphatic heterocycles. The van der Waals surface area contributed by atoms with Gasteiger partial charge in [-0.3, -0.25) is 4.79 Å². The number of aryl methyl sites for hydroxylation is 1. The Morgan fingerprint density at radius 2 is 2.00 bits per heavy atom. The van der Waals surface area contributed by atoms with Crippen molar-refractivity contribution in [2.75, 3.05) is 24.2 Å². The normalized spacial score (nSPS) is 15.2. The third kappa shape index (κ3) is 3.87. The lowest BCUT2D eigenvalue weighted by Crippen LogP contribution is -2.41. The minimum Gasteiger partial charge on any atom is -0.312 e. The number of para-hydroxylation sites is 1. The largest absolute Gasteiger partial charge is 0.312 e. The van der Waals surface area contributed by atoms with Gasteiger partial charge >= 0.3 is 0 Å². The molecule has 2 rings (SSSR count). The van der Waals surface area contributed by atoms with Crippen molar-refractivity contribution in [1.29, 1.82) is 0 Å². The fourth-order valence-corrected chi connectivity index (χ4v) is 4.13. The third-order valence-corrected chi connectivity index (χ3v) is 5.42. The first kappa shape index (κ1) is 17.0. The number of anilines is 1. The van der Waals surface area contributed by atoms with Gasteiger partial charge in [0.15, 0.2) is 0 Å². The van der Waals surface area contributed by atoms with Crippen molar-refractivity contribution >= 4 is 21.6 Å². The van der Waals surface area contributed by atoms with Crippen LogP contribution in [0.5, 0.6) is 0 Å². The zero-order valence-corrected chi connectivity index (χ0v) is 14.3. The molecule has 0 radical (unpaired) electrons. The average Bonchev–Trinajstić information content (AvgIpc) is 2.44. The van der Waals surface area contributed by atoms with Crippen LogP contribution in [0.4, 0.5) is 5.69 Å². The fraction of sp³-hybridized carbons (Fsp3) is 0.562. The molecule has 1 amide bonds. The molecular formula is C16H24N2O3S. The number of benzene rings is 1. The summed E-state index contributed by atoms with van der Waals surface area (Å²) >= 11 is 0. The molecule has 0 N–H and O–H groups in total. The maximum atomic E-state index is 12.5. The highest BCUT2D eigenvalue weighted by Crippen LogP contribution is 2.27. The Balaban J connectivity index is 2.08. The van der Waals surface area contributed by atoms with Crippen molar-refractivity contribution in [3.8, 4) is 0 Å². The van der Waals surface area contributed by atoms with E-state index in [4.69, 9.17) is 0 Å². The molecule has 1 aliphatic rings. The lowest BCUT2D eigenvalue weighted by Gasteiger charge is -2.30. The minimum atomic E-state index is -3.29. The highest BCUT2D eigenvalue weighted by molar-refractivity contribution is 7.88. The monoisotopic (exact) mass is 324 g/mol. The van der Waals surface area contributed by atoms with E-state index < -0.39 is 10.0 Å². The first-order valence-electron chi connectivity index (χ1n) is 7.66. The second-order valence-corrected chi connectivity index (χ2v) is 7.93. The first-order chi connectivity index (χ1) is 10.3. The van der Waals surface area contributed by atoms with Gasteiger partial charge < -0.3 is 4.90 Å². The highest BCUT2D eigenvalue weighted by atomic mass is 32.2. The number of hydrogen-bond acceptors (Lipinski definition) is 3. The maximum Gasteiger partial charge on any atom is 0.228 e. The highest BCUT2D eigenvalue weighted by Gasteiger charge is 2.25. The molecule has 0 unspecified atom stereocenters. The summed E-state index contributed by atoms with van der Waals surface area (Å²) in [5.74, 6) is -0.0125. The summed E-state index contributed by atoms with van der Waals surface area (Å²) in [5.41, 5.74) is 2.15. The molecule has 1 aromatic carbocycles. The molecule has 22 heavy (non-hydrogen) atoms. The molecule has 0 aliphatic carbocycles. The Morgan fingerprint density at radius 3 is 2.64 bits per heavy atom. The summed E-state index contributed by atoms with van der Waals surface area (Å²) < 4.78 is 24.9. The third-order valence-electron chi connectivity index (χ3n) is 3.96. The Kier molecular flexibility index (Phi) is 5.24. The van der Waals surface area contributed by atoms with Crippen molar-refractivity contribution in [2.24, 2.45) is 0 Å². The van der Waals surface area contributed by atoms with Crippen LogP contribution in [0.25, 0.3) is 0 Å². The number of carbonyl (C=O) groups is 1. The van der Waals surface area contributed by atoms with Crippen LogP contribution in [0, 0.1) is 0 Å². The molecule has 0 fully saturated rings. The number of hydrogen-bond donors (Lipinski definition) is 0. The van der Waals surface area contributed by atoms with Crippen molar-refractivity contribution in [3.63, 3.8) is 0 Å². The van der Waals surface area contributed by atoms with Gasteiger partial charge in [-0.25, -0.2) is 8.42 Å². The molecule has 5 nitrogen and oxygen atoms in total. The van der Waals surface area contributed by atoms with Crippen molar-refractivity contribution in [3.05, 3.63) is 29.8 Å². The minimum absolute atomic E-state index is 0.0125. The van der Waals surface area contributed by atoms with E-state index in [0.29, 0.717) is 6.54 Å². The van der Waals surface area contributed by atoms with E-state index in [1.807, 2.05) is 38.1 Å². The van der Waals surface area contributed by atoms with Crippen LogP contribution in [0.3, 0.4) is 0 Å². The predicted molar refractivity (Wildman–Crippen MR) is 88.4 cm³/mol. The van der Waals surface area contributed by atoms with Gasteiger partial charge in [-0.2, -0.15) is 4.31 Å². The smallest absolute Gasteiger partial charge is 0.228 e. The summed E-state index contributed by atoms with van der Waals surface area (Å²) in [5, 5.41) is 0. The van der Waals surface area contributed by atoms with Crippen LogP contribution in [0.2, 0.25) is 0 Å². The number of sulfonamides is 1. The van der Waals surface area contributed by atoms with Crippen molar-refractivity contribution < 1.29 is 13.2 Å². The lowest BCUT2D eigenvalue weighted by molar-refractivity contribution is -0.118. The molecule has 6 heteroatoms. The first-order valence-corrected chi connectivity index (χ1v) is 9.50. The van der Waals surface area contributed by atoms with Crippen LogP contribution >= 0.6 is 0 Å². The molecule has 0 saturated carbocycles. The molecule has 0 saturated heterocycles. The number of carbonyl (C=O) groups excluding carboxylic acids is 1. The summed E-state index contributed by atoms with van der Waals surface area (Å²) in [6.07, 6.45) is 3.33. The van der Waals surface area contributed by atoms with E-state index >= 15 is 0 Å². The van der Waals surface area contributed by atoms with Gasteiger partial charge in [-0.15, -0.1) is 0 Å². The second kappa shape index (κ2) is 6.79. The Morgan fingerprint density at radius 1 is 1.32 bits per heavy atom. The number of fused-ring (bicyclic) bond motifs is 1. The molecular weight excluding hydrogens is 300 g/mol. The quantitative estimate of drug-likeness (QED) is 0.833. The van der Waals surface area contributed by atoms with E-state index in [-0.39, 0.29) is 24.9 Å². The van der Waals surface area contributed by atoms with Crippen LogP contribution in [0.15, 0.2) is 24.3 Å². The Bertz CT molecular complexity index is 641. The fourth-order valence-electron chi connectivity index (χ4n) is 2.94. The van der Waals surface area contributed by atoms with Crippen molar-refractivity contribution in [1.82, 2.24) is 4.31 Å². The lowest BCUT2D eigenvalue weighted by atomic mass is 10.0. The standard InChI is InChI=1S/C16H24N2O3S/c1-13(2)18(22(3,20)21)12-10-16(19)17-11-6-8-14-7-4-5-9-15(14)17/h4-5,7,9,13H,6,8,10-12H2,1-3H3. The van der Waals surface area contributed by atoms with Gasteiger partial charge in [0.2, 0.25) is 15.9 Å². The summed E-state index contributed by atoms with van der Waals surface area (Å²) in [6.45, 7) is 4.58. The predicted octanol–water partition coefficient (Wildman–Crippen LogP) is 2.03.